The Kier molecular flexibility index (Phi) is 4.57. The highest BCUT2D eigenvalue weighted by atomic mass is 32.1. The number of aromatic nitrogens is 2. The fourth-order valence-electron chi connectivity index (χ4n) is 1.81. The number of aromatic amines is 1. The Morgan fingerprint density at radius 1 is 1.55 bits per heavy atom. The van der Waals surface area contributed by atoms with E-state index >= 15 is 0 Å². The molecule has 0 aliphatic rings. The highest BCUT2D eigenvalue weighted by molar-refractivity contribution is 7.15. The van der Waals surface area contributed by atoms with Crippen LogP contribution in [0.15, 0.2) is 18.2 Å². The summed E-state index contributed by atoms with van der Waals surface area (Å²) in [4.78, 5) is 14.3. The monoisotopic (exact) mass is 292 g/mol. The number of aryl methyl sites for hydroxylation is 1. The Balaban J connectivity index is 2.05. The van der Waals surface area contributed by atoms with Gasteiger partial charge in [0.05, 0.1) is 16.6 Å². The topological polar surface area (TPSA) is 83.8 Å². The van der Waals surface area contributed by atoms with Crippen LogP contribution in [0.5, 0.6) is 0 Å². The van der Waals surface area contributed by atoms with Gasteiger partial charge in [-0.2, -0.15) is 5.10 Å². The first-order valence-corrected chi connectivity index (χ1v) is 7.51. The zero-order valence-electron chi connectivity index (χ0n) is 11.9. The van der Waals surface area contributed by atoms with Crippen molar-refractivity contribution in [3.63, 3.8) is 0 Å². The molecule has 2 unspecified atom stereocenters. The van der Waals surface area contributed by atoms with Crippen molar-refractivity contribution in [2.24, 2.45) is 11.7 Å². The maximum absolute atomic E-state index is 12.0. The average Bonchev–Trinajstić information content (AvgIpc) is 3.05. The molecule has 2 atom stereocenters. The molecule has 2 heterocycles. The molecule has 0 bridgehead atoms. The maximum atomic E-state index is 12.0. The largest absolute Gasteiger partial charge is 0.320 e. The second-order valence-corrected chi connectivity index (χ2v) is 6.27. The third kappa shape index (κ3) is 3.26. The lowest BCUT2D eigenvalue weighted by atomic mass is 9.99. The van der Waals surface area contributed by atoms with Crippen LogP contribution in [0.3, 0.4) is 0 Å². The fraction of sp³-hybridized carbons (Fsp3) is 0.429. The number of amides is 1. The van der Waals surface area contributed by atoms with Gasteiger partial charge in [0.25, 0.3) is 0 Å². The minimum Gasteiger partial charge on any atom is -0.320 e. The molecule has 0 aromatic carbocycles. The minimum absolute atomic E-state index is 0.147. The van der Waals surface area contributed by atoms with Gasteiger partial charge < -0.3 is 11.1 Å². The van der Waals surface area contributed by atoms with Gasteiger partial charge in [-0.15, -0.1) is 11.3 Å². The summed E-state index contributed by atoms with van der Waals surface area (Å²) in [5, 5.41) is 9.78. The third-order valence-corrected chi connectivity index (χ3v) is 4.43. The van der Waals surface area contributed by atoms with Gasteiger partial charge >= 0.3 is 0 Å². The molecule has 108 valence electrons. The van der Waals surface area contributed by atoms with Crippen LogP contribution in [-0.4, -0.2) is 22.1 Å². The summed E-state index contributed by atoms with van der Waals surface area (Å²) in [5.74, 6) is 0.461. The van der Waals surface area contributed by atoms with Gasteiger partial charge in [-0.1, -0.05) is 20.3 Å². The first-order chi connectivity index (χ1) is 9.51. The van der Waals surface area contributed by atoms with E-state index < -0.39 is 6.04 Å². The first-order valence-electron chi connectivity index (χ1n) is 6.70. The van der Waals surface area contributed by atoms with Crippen LogP contribution in [-0.2, 0) is 4.79 Å². The molecule has 4 N–H and O–H groups in total. The van der Waals surface area contributed by atoms with E-state index in [1.807, 2.05) is 26.0 Å². The maximum Gasteiger partial charge on any atom is 0.242 e. The molecule has 6 heteroatoms. The Labute approximate surface area is 122 Å². The van der Waals surface area contributed by atoms with Crippen LogP contribution in [0.25, 0.3) is 10.6 Å². The second kappa shape index (κ2) is 6.19. The lowest BCUT2D eigenvalue weighted by molar-refractivity contribution is -0.118. The Morgan fingerprint density at radius 3 is 2.90 bits per heavy atom. The number of carbonyl (C=O) groups excluding carboxylic acids is 1. The molecule has 2 aromatic heterocycles. The lowest BCUT2D eigenvalue weighted by Crippen LogP contribution is -2.40. The summed E-state index contributed by atoms with van der Waals surface area (Å²) in [6.07, 6.45) is 0.870. The number of nitrogens with one attached hydrogen (secondary N) is 2. The number of rotatable bonds is 5. The normalized spacial score (nSPS) is 14.0. The van der Waals surface area contributed by atoms with Gasteiger partial charge in [-0.3, -0.25) is 9.89 Å². The molecular formula is C14H20N4OS. The average molecular weight is 292 g/mol. The van der Waals surface area contributed by atoms with Crippen LogP contribution < -0.4 is 11.1 Å². The molecule has 0 aliphatic carbocycles. The number of anilines is 1. The second-order valence-electron chi connectivity index (χ2n) is 4.98. The van der Waals surface area contributed by atoms with Gasteiger partial charge in [0.1, 0.15) is 0 Å². The van der Waals surface area contributed by atoms with Crippen molar-refractivity contribution in [1.82, 2.24) is 10.2 Å². The molecule has 5 nitrogen and oxygen atoms in total. The van der Waals surface area contributed by atoms with E-state index in [0.29, 0.717) is 5.82 Å². The van der Waals surface area contributed by atoms with Crippen molar-refractivity contribution in [1.29, 1.82) is 0 Å². The van der Waals surface area contributed by atoms with E-state index in [4.69, 9.17) is 5.73 Å². The number of thiophene rings is 1. The van der Waals surface area contributed by atoms with E-state index in [9.17, 15) is 4.79 Å². The molecule has 0 aliphatic heterocycles. The summed E-state index contributed by atoms with van der Waals surface area (Å²) < 4.78 is 0. The van der Waals surface area contributed by atoms with Gasteiger partial charge in [0.15, 0.2) is 5.82 Å². The van der Waals surface area contributed by atoms with Crippen molar-refractivity contribution in [2.75, 3.05) is 5.32 Å². The predicted octanol–water partition coefficient (Wildman–Crippen LogP) is 2.76. The molecular weight excluding hydrogens is 272 g/mol. The standard InChI is InChI=1S/C14H20N4OS/c1-4-8(2)13(15)14(19)16-12-7-10(17-18-12)11-6-5-9(3)20-11/h5-8,13H,4,15H2,1-3H3,(H2,16,17,18,19). The fourth-order valence-corrected chi connectivity index (χ4v) is 2.65. The van der Waals surface area contributed by atoms with E-state index in [1.165, 1.54) is 4.88 Å². The van der Waals surface area contributed by atoms with Crippen molar-refractivity contribution in [3.05, 3.63) is 23.1 Å². The van der Waals surface area contributed by atoms with E-state index in [1.54, 1.807) is 11.3 Å². The van der Waals surface area contributed by atoms with Gasteiger partial charge in [0, 0.05) is 10.9 Å². The van der Waals surface area contributed by atoms with Gasteiger partial charge in [-0.05, 0) is 25.0 Å². The summed E-state index contributed by atoms with van der Waals surface area (Å²) in [5.41, 5.74) is 6.79. The Morgan fingerprint density at radius 2 is 2.30 bits per heavy atom. The van der Waals surface area contributed by atoms with Crippen LogP contribution in [0, 0.1) is 12.8 Å². The van der Waals surface area contributed by atoms with E-state index in [0.717, 1.165) is 17.0 Å². The summed E-state index contributed by atoms with van der Waals surface area (Å²) in [6, 6.07) is 5.40. The van der Waals surface area contributed by atoms with E-state index in [-0.39, 0.29) is 11.8 Å². The molecule has 1 amide bonds. The first kappa shape index (κ1) is 14.7. The van der Waals surface area contributed by atoms with Crippen LogP contribution >= 0.6 is 11.3 Å². The molecule has 0 spiro atoms. The number of H-pyrrole nitrogens is 1. The predicted molar refractivity (Wildman–Crippen MR) is 82.7 cm³/mol. The highest BCUT2D eigenvalue weighted by Gasteiger charge is 2.20. The minimum atomic E-state index is -0.510. The van der Waals surface area contributed by atoms with Crippen LogP contribution in [0.1, 0.15) is 25.1 Å². The number of hydrogen-bond donors (Lipinski definition) is 3. The van der Waals surface area contributed by atoms with Crippen molar-refractivity contribution in [2.45, 2.75) is 33.2 Å². The molecule has 0 radical (unpaired) electrons. The summed E-state index contributed by atoms with van der Waals surface area (Å²) >= 11 is 1.68. The highest BCUT2D eigenvalue weighted by Crippen LogP contribution is 2.27. The van der Waals surface area contributed by atoms with E-state index in [2.05, 4.69) is 28.5 Å². The third-order valence-electron chi connectivity index (χ3n) is 3.39. The quantitative estimate of drug-likeness (QED) is 0.792. The number of hydrogen-bond acceptors (Lipinski definition) is 4. The Hall–Kier alpha value is -1.66. The number of carbonyl (C=O) groups is 1. The van der Waals surface area contributed by atoms with Crippen LogP contribution in [0.4, 0.5) is 5.82 Å². The lowest BCUT2D eigenvalue weighted by Gasteiger charge is -2.16. The van der Waals surface area contributed by atoms with Crippen molar-refractivity contribution < 1.29 is 4.79 Å². The number of nitrogens with zero attached hydrogens (tertiary/aromatic N) is 1. The summed E-state index contributed by atoms with van der Waals surface area (Å²) in [7, 11) is 0. The van der Waals surface area contributed by atoms with Crippen LogP contribution in [0.2, 0.25) is 0 Å². The smallest absolute Gasteiger partial charge is 0.242 e. The van der Waals surface area contributed by atoms with Crippen molar-refractivity contribution in [3.8, 4) is 10.6 Å². The molecule has 20 heavy (non-hydrogen) atoms. The molecule has 2 rings (SSSR count). The number of nitrogens with two attached hydrogens (primary N) is 1. The molecule has 0 saturated heterocycles. The molecule has 2 aromatic rings. The van der Waals surface area contributed by atoms with Crippen molar-refractivity contribution >= 4 is 23.1 Å². The molecule has 0 saturated carbocycles. The van der Waals surface area contributed by atoms with Gasteiger partial charge in [0.2, 0.25) is 5.91 Å². The van der Waals surface area contributed by atoms with Gasteiger partial charge in [-0.25, -0.2) is 0 Å². The summed E-state index contributed by atoms with van der Waals surface area (Å²) in [6.45, 7) is 6.04. The molecule has 0 fully saturated rings. The zero-order valence-corrected chi connectivity index (χ0v) is 12.8. The SMILES string of the molecule is CCC(C)C(N)C(=O)Nc1cc(-c2ccc(C)s2)[nH]n1. The Bertz CT molecular complexity index is 590. The zero-order chi connectivity index (χ0) is 14.7.